The molecule has 3 nitrogen and oxygen atoms in total. The summed E-state index contributed by atoms with van der Waals surface area (Å²) in [6.07, 6.45) is -1.27. The molecular formula is C11H16F3N3S. The highest BCUT2D eigenvalue weighted by molar-refractivity contribution is 7.11. The van der Waals surface area contributed by atoms with E-state index in [1.807, 2.05) is 7.05 Å². The van der Waals surface area contributed by atoms with Gasteiger partial charge in [0.2, 0.25) is 0 Å². The van der Waals surface area contributed by atoms with Crippen molar-refractivity contribution >= 4 is 11.3 Å². The fourth-order valence-electron chi connectivity index (χ4n) is 2.09. The SMILES string of the molecule is CNC1CCN(Cc2ncc(C(F)(F)F)s2)CC1. The van der Waals surface area contributed by atoms with Crippen molar-refractivity contribution in [1.82, 2.24) is 15.2 Å². The van der Waals surface area contributed by atoms with Crippen molar-refractivity contribution in [2.45, 2.75) is 31.6 Å². The molecule has 2 heterocycles. The van der Waals surface area contributed by atoms with Gasteiger partial charge < -0.3 is 5.32 Å². The molecular weight excluding hydrogens is 263 g/mol. The van der Waals surface area contributed by atoms with Crippen LogP contribution in [0, 0.1) is 0 Å². The molecule has 1 saturated heterocycles. The lowest BCUT2D eigenvalue weighted by atomic mass is 10.1. The highest BCUT2D eigenvalue weighted by Gasteiger charge is 2.33. The van der Waals surface area contributed by atoms with Gasteiger partial charge in [0.05, 0.1) is 12.7 Å². The molecule has 1 aliphatic rings. The first-order chi connectivity index (χ1) is 8.49. The first-order valence-corrected chi connectivity index (χ1v) is 6.72. The molecule has 0 radical (unpaired) electrons. The number of hydrogen-bond acceptors (Lipinski definition) is 4. The molecule has 18 heavy (non-hydrogen) atoms. The molecule has 1 aliphatic heterocycles. The third-order valence-electron chi connectivity index (χ3n) is 3.19. The number of hydrogen-bond donors (Lipinski definition) is 1. The Morgan fingerprint density at radius 1 is 1.44 bits per heavy atom. The Morgan fingerprint density at radius 2 is 2.11 bits per heavy atom. The van der Waals surface area contributed by atoms with Crippen LogP contribution >= 0.6 is 11.3 Å². The van der Waals surface area contributed by atoms with E-state index in [4.69, 9.17) is 0 Å². The molecule has 0 spiro atoms. The minimum atomic E-state index is -4.27. The van der Waals surface area contributed by atoms with E-state index in [0.29, 0.717) is 17.6 Å². The molecule has 1 aromatic rings. The van der Waals surface area contributed by atoms with Crippen LogP contribution in [0.2, 0.25) is 0 Å². The molecule has 0 aromatic carbocycles. The zero-order valence-corrected chi connectivity index (χ0v) is 10.9. The van der Waals surface area contributed by atoms with E-state index in [1.165, 1.54) is 0 Å². The van der Waals surface area contributed by atoms with E-state index in [9.17, 15) is 13.2 Å². The summed E-state index contributed by atoms with van der Waals surface area (Å²) < 4.78 is 37.3. The zero-order valence-electron chi connectivity index (χ0n) is 10.1. The lowest BCUT2D eigenvalue weighted by Crippen LogP contribution is -2.40. The van der Waals surface area contributed by atoms with Crippen LogP contribution in [0.25, 0.3) is 0 Å². The molecule has 1 aromatic heterocycles. The standard InChI is InChI=1S/C11H16F3N3S/c1-15-8-2-4-17(5-3-8)7-10-16-6-9(18-10)11(12,13)14/h6,8,15H,2-5,7H2,1H3. The second-order valence-electron chi connectivity index (χ2n) is 4.46. The molecule has 7 heteroatoms. The van der Waals surface area contributed by atoms with Crippen molar-refractivity contribution in [2.24, 2.45) is 0 Å². The number of piperidine rings is 1. The Bertz CT molecular complexity index is 383. The summed E-state index contributed by atoms with van der Waals surface area (Å²) >= 11 is 0.747. The Kier molecular flexibility index (Phi) is 4.24. The quantitative estimate of drug-likeness (QED) is 0.920. The lowest BCUT2D eigenvalue weighted by molar-refractivity contribution is -0.134. The maximum absolute atomic E-state index is 12.4. The number of likely N-dealkylation sites (tertiary alicyclic amines) is 1. The normalized spacial score (nSPS) is 19.3. The van der Waals surface area contributed by atoms with E-state index in [-0.39, 0.29) is 0 Å². The van der Waals surface area contributed by atoms with E-state index in [0.717, 1.165) is 43.5 Å². The van der Waals surface area contributed by atoms with Gasteiger partial charge in [-0.15, -0.1) is 11.3 Å². The zero-order chi connectivity index (χ0) is 13.2. The van der Waals surface area contributed by atoms with Crippen LogP contribution in [0.15, 0.2) is 6.20 Å². The summed E-state index contributed by atoms with van der Waals surface area (Å²) in [4.78, 5) is 5.41. The Balaban J connectivity index is 1.89. The van der Waals surface area contributed by atoms with Crippen LogP contribution in [-0.4, -0.2) is 36.1 Å². The van der Waals surface area contributed by atoms with Crippen molar-refractivity contribution in [3.8, 4) is 0 Å². The van der Waals surface area contributed by atoms with Gasteiger partial charge in [0.15, 0.2) is 0 Å². The van der Waals surface area contributed by atoms with Crippen molar-refractivity contribution in [3.05, 3.63) is 16.1 Å². The van der Waals surface area contributed by atoms with Crippen molar-refractivity contribution < 1.29 is 13.2 Å². The Labute approximate surface area is 108 Å². The smallest absolute Gasteiger partial charge is 0.317 e. The summed E-state index contributed by atoms with van der Waals surface area (Å²) in [6.45, 7) is 2.34. The van der Waals surface area contributed by atoms with E-state index in [2.05, 4.69) is 15.2 Å². The largest absolute Gasteiger partial charge is 0.427 e. The highest BCUT2D eigenvalue weighted by atomic mass is 32.1. The molecule has 1 fully saturated rings. The van der Waals surface area contributed by atoms with Gasteiger partial charge >= 0.3 is 6.18 Å². The number of nitrogens with zero attached hydrogens (tertiary/aromatic N) is 2. The predicted octanol–water partition coefficient (Wildman–Crippen LogP) is 2.35. The summed E-state index contributed by atoms with van der Waals surface area (Å²) in [7, 11) is 1.94. The van der Waals surface area contributed by atoms with Gasteiger partial charge in [0, 0.05) is 19.1 Å². The average molecular weight is 279 g/mol. The molecule has 0 bridgehead atoms. The van der Waals surface area contributed by atoms with Crippen LogP contribution in [-0.2, 0) is 12.7 Å². The highest BCUT2D eigenvalue weighted by Crippen LogP contribution is 2.33. The van der Waals surface area contributed by atoms with Crippen LogP contribution in [0.5, 0.6) is 0 Å². The van der Waals surface area contributed by atoms with Crippen molar-refractivity contribution in [1.29, 1.82) is 0 Å². The molecule has 0 aliphatic carbocycles. The molecule has 0 amide bonds. The molecule has 102 valence electrons. The van der Waals surface area contributed by atoms with E-state index < -0.39 is 11.1 Å². The van der Waals surface area contributed by atoms with Crippen molar-refractivity contribution in [3.63, 3.8) is 0 Å². The maximum Gasteiger partial charge on any atom is 0.427 e. The topological polar surface area (TPSA) is 28.2 Å². The molecule has 0 unspecified atom stereocenters. The van der Waals surface area contributed by atoms with Crippen LogP contribution in [0.3, 0.4) is 0 Å². The second-order valence-corrected chi connectivity index (χ2v) is 5.57. The van der Waals surface area contributed by atoms with E-state index in [1.54, 1.807) is 0 Å². The fraction of sp³-hybridized carbons (Fsp3) is 0.727. The molecule has 2 rings (SSSR count). The minimum absolute atomic E-state index is 0.525. The predicted molar refractivity (Wildman–Crippen MR) is 64.5 cm³/mol. The number of halogens is 3. The third-order valence-corrected chi connectivity index (χ3v) is 4.21. The molecule has 0 saturated carbocycles. The number of nitrogens with one attached hydrogen (secondary N) is 1. The van der Waals surface area contributed by atoms with Gasteiger partial charge in [-0.2, -0.15) is 13.2 Å². The number of aromatic nitrogens is 1. The number of rotatable bonds is 3. The monoisotopic (exact) mass is 279 g/mol. The number of alkyl halides is 3. The molecule has 0 atom stereocenters. The average Bonchev–Trinajstić information content (AvgIpc) is 2.78. The van der Waals surface area contributed by atoms with Crippen LogP contribution < -0.4 is 5.32 Å². The number of thiazole rings is 1. The minimum Gasteiger partial charge on any atom is -0.317 e. The van der Waals surface area contributed by atoms with Gasteiger partial charge in [-0.3, -0.25) is 4.90 Å². The summed E-state index contributed by atoms with van der Waals surface area (Å²) in [5, 5.41) is 3.77. The Morgan fingerprint density at radius 3 is 2.61 bits per heavy atom. The van der Waals surface area contributed by atoms with Crippen LogP contribution in [0.1, 0.15) is 22.7 Å². The molecule has 1 N–H and O–H groups in total. The first-order valence-electron chi connectivity index (χ1n) is 5.90. The van der Waals surface area contributed by atoms with Gasteiger partial charge in [0.1, 0.15) is 9.88 Å². The second kappa shape index (κ2) is 5.54. The van der Waals surface area contributed by atoms with Crippen molar-refractivity contribution in [2.75, 3.05) is 20.1 Å². The third kappa shape index (κ3) is 3.43. The maximum atomic E-state index is 12.4. The lowest BCUT2D eigenvalue weighted by Gasteiger charge is -2.31. The fourth-order valence-corrected chi connectivity index (χ4v) is 2.91. The van der Waals surface area contributed by atoms with Gasteiger partial charge in [-0.25, -0.2) is 4.98 Å². The van der Waals surface area contributed by atoms with Gasteiger partial charge in [-0.1, -0.05) is 0 Å². The van der Waals surface area contributed by atoms with Crippen LogP contribution in [0.4, 0.5) is 13.2 Å². The summed E-state index contributed by atoms with van der Waals surface area (Å²) in [5.41, 5.74) is 0. The first kappa shape index (κ1) is 13.8. The van der Waals surface area contributed by atoms with Gasteiger partial charge in [-0.05, 0) is 19.9 Å². The van der Waals surface area contributed by atoms with Gasteiger partial charge in [0.25, 0.3) is 0 Å². The van der Waals surface area contributed by atoms with E-state index >= 15 is 0 Å². The summed E-state index contributed by atoms with van der Waals surface area (Å²) in [5.74, 6) is 0. The Hall–Kier alpha value is -0.660. The summed E-state index contributed by atoms with van der Waals surface area (Å²) in [6, 6.07) is 0.531.